The number of halogens is 1. The third-order valence-corrected chi connectivity index (χ3v) is 6.98. The van der Waals surface area contributed by atoms with Crippen molar-refractivity contribution in [3.8, 4) is 11.5 Å². The standard InChI is InChI=1S/C25H26FN5O4S/c1-13-5-9-19(18(26)11-13)28-23-21(24(32)27-16-6-7-16)22(15(3)25(33)30(23)4)35-20-10-8-17(12-14(20)2)31-29-36(31)34/h5,8-12,16,28-29H,6-7H2,1-4H3,(H,27,32). The van der Waals surface area contributed by atoms with Crippen LogP contribution in [0.1, 0.15) is 39.9 Å². The van der Waals surface area contributed by atoms with Crippen molar-refractivity contribution >= 4 is 34.3 Å². The Hall–Kier alpha value is -3.70. The van der Waals surface area contributed by atoms with Crippen molar-refractivity contribution in [3.05, 3.63) is 74.8 Å². The minimum absolute atomic E-state index is 0.0498. The molecule has 3 N–H and O–H groups in total. The highest BCUT2D eigenvalue weighted by atomic mass is 32.2. The Bertz CT molecular complexity index is 1480. The summed E-state index contributed by atoms with van der Waals surface area (Å²) < 4.78 is 35.2. The molecule has 188 valence electrons. The molecule has 1 unspecified atom stereocenters. The Labute approximate surface area is 210 Å². The first-order chi connectivity index (χ1) is 17.1. The maximum atomic E-state index is 14.7. The van der Waals surface area contributed by atoms with Crippen LogP contribution in [0, 0.1) is 26.6 Å². The largest absolute Gasteiger partial charge is 0.456 e. The summed E-state index contributed by atoms with van der Waals surface area (Å²) in [6.45, 7) is 5.18. The number of hydrogen-bond donors (Lipinski definition) is 3. The van der Waals surface area contributed by atoms with Crippen LogP contribution in [0.25, 0.3) is 0 Å². The fourth-order valence-electron chi connectivity index (χ4n) is 3.92. The average Bonchev–Trinajstić information content (AvgIpc) is 3.76. The number of carbonyl (C=O) groups excluding carboxylic acids is 1. The number of anilines is 3. The number of rotatable bonds is 7. The predicted octanol–water partition coefficient (Wildman–Crippen LogP) is 3.78. The number of ether oxygens (including phenoxy) is 1. The summed E-state index contributed by atoms with van der Waals surface area (Å²) in [5, 5.41) is 5.91. The number of benzene rings is 2. The number of nitrogens with zero attached hydrogens (tertiary/aromatic N) is 2. The number of hydrogen-bond acceptors (Lipinski definition) is 5. The Balaban J connectivity index is 1.62. The Morgan fingerprint density at radius 3 is 2.50 bits per heavy atom. The lowest BCUT2D eigenvalue weighted by Crippen LogP contribution is -2.31. The van der Waals surface area contributed by atoms with E-state index in [9.17, 15) is 18.2 Å². The van der Waals surface area contributed by atoms with Crippen LogP contribution in [0.3, 0.4) is 0 Å². The molecule has 0 spiro atoms. The van der Waals surface area contributed by atoms with Crippen LogP contribution in [0.15, 0.2) is 41.2 Å². The van der Waals surface area contributed by atoms with E-state index in [2.05, 4.69) is 15.5 Å². The van der Waals surface area contributed by atoms with Crippen molar-refractivity contribution in [2.75, 3.05) is 9.73 Å². The number of hydrazine groups is 1. The zero-order chi connectivity index (χ0) is 25.7. The average molecular weight is 512 g/mol. The van der Waals surface area contributed by atoms with Gasteiger partial charge in [-0.15, -0.1) is 4.83 Å². The van der Waals surface area contributed by atoms with Crippen LogP contribution < -0.4 is 30.2 Å². The second-order valence-corrected chi connectivity index (χ2v) is 10.1. The zero-order valence-corrected chi connectivity index (χ0v) is 21.1. The van der Waals surface area contributed by atoms with Gasteiger partial charge in [0.2, 0.25) is 11.2 Å². The molecule has 11 heteroatoms. The van der Waals surface area contributed by atoms with Crippen molar-refractivity contribution in [1.82, 2.24) is 14.7 Å². The Kier molecular flexibility index (Phi) is 6.05. The molecule has 0 bridgehead atoms. The summed E-state index contributed by atoms with van der Waals surface area (Å²) in [7, 11) is 1.53. The van der Waals surface area contributed by atoms with Gasteiger partial charge in [0.1, 0.15) is 22.9 Å². The molecule has 1 atom stereocenters. The molecule has 1 saturated heterocycles. The number of aryl methyl sites for hydroxylation is 2. The summed E-state index contributed by atoms with van der Waals surface area (Å²) in [6, 6.07) is 9.92. The highest BCUT2D eigenvalue weighted by Crippen LogP contribution is 2.37. The lowest BCUT2D eigenvalue weighted by Gasteiger charge is -2.22. The summed E-state index contributed by atoms with van der Waals surface area (Å²) >= 11 is -1.24. The maximum absolute atomic E-state index is 14.7. The van der Waals surface area contributed by atoms with Gasteiger partial charge in [-0.05, 0) is 75.1 Å². The molecule has 1 aromatic heterocycles. The first-order valence-electron chi connectivity index (χ1n) is 11.5. The minimum Gasteiger partial charge on any atom is -0.456 e. The van der Waals surface area contributed by atoms with Gasteiger partial charge < -0.3 is 15.4 Å². The number of carbonyl (C=O) groups is 1. The van der Waals surface area contributed by atoms with E-state index in [1.165, 1.54) is 22.1 Å². The number of pyridine rings is 1. The van der Waals surface area contributed by atoms with E-state index < -0.39 is 22.9 Å². The summed E-state index contributed by atoms with van der Waals surface area (Å²) in [5.74, 6) is -0.281. The minimum atomic E-state index is -1.24. The molecule has 3 aromatic rings. The molecule has 36 heavy (non-hydrogen) atoms. The van der Waals surface area contributed by atoms with E-state index in [1.807, 2.05) is 6.92 Å². The van der Waals surface area contributed by atoms with Gasteiger partial charge in [-0.25, -0.2) is 8.60 Å². The van der Waals surface area contributed by atoms with E-state index in [4.69, 9.17) is 4.74 Å². The third-order valence-electron chi connectivity index (χ3n) is 6.18. The van der Waals surface area contributed by atoms with Crippen LogP contribution in [0.2, 0.25) is 0 Å². The van der Waals surface area contributed by atoms with E-state index in [-0.39, 0.29) is 40.0 Å². The van der Waals surface area contributed by atoms with E-state index in [0.717, 1.165) is 18.4 Å². The normalized spacial score (nSPS) is 16.6. The van der Waals surface area contributed by atoms with Crippen molar-refractivity contribution in [3.63, 3.8) is 0 Å². The maximum Gasteiger partial charge on any atom is 0.259 e. The molecular weight excluding hydrogens is 485 g/mol. The van der Waals surface area contributed by atoms with Crippen LogP contribution in [0.5, 0.6) is 11.5 Å². The molecule has 1 amide bonds. The molecule has 2 aliphatic rings. The molecule has 2 fully saturated rings. The topological polar surface area (TPSA) is 114 Å². The second-order valence-electron chi connectivity index (χ2n) is 9.08. The molecule has 2 aromatic carbocycles. The molecule has 1 saturated carbocycles. The Morgan fingerprint density at radius 1 is 1.17 bits per heavy atom. The van der Waals surface area contributed by atoms with E-state index >= 15 is 0 Å². The SMILES string of the molecule is Cc1ccc(Nc2c(C(=O)NC3CC3)c(Oc3ccc(N4NS4=O)cc3C)c(C)c(=O)n2C)c(F)c1. The lowest BCUT2D eigenvalue weighted by atomic mass is 10.1. The van der Waals surface area contributed by atoms with Crippen LogP contribution in [0.4, 0.5) is 21.6 Å². The summed E-state index contributed by atoms with van der Waals surface area (Å²) in [4.78, 5) is 29.3. The number of nitrogens with one attached hydrogen (secondary N) is 3. The highest BCUT2D eigenvalue weighted by molar-refractivity contribution is 7.91. The third kappa shape index (κ3) is 4.59. The number of amides is 1. The van der Waals surface area contributed by atoms with Gasteiger partial charge in [0.15, 0.2) is 5.75 Å². The van der Waals surface area contributed by atoms with Crippen molar-refractivity contribution in [2.45, 2.75) is 39.7 Å². The number of aromatic nitrogens is 1. The predicted molar refractivity (Wildman–Crippen MR) is 136 cm³/mol. The van der Waals surface area contributed by atoms with Gasteiger partial charge in [-0.2, -0.15) is 4.41 Å². The lowest BCUT2D eigenvalue weighted by molar-refractivity contribution is 0.0948. The van der Waals surface area contributed by atoms with Crippen LogP contribution >= 0.6 is 0 Å². The molecule has 1 aliphatic heterocycles. The molecule has 0 radical (unpaired) electrons. The van der Waals surface area contributed by atoms with Gasteiger partial charge in [-0.1, -0.05) is 6.07 Å². The van der Waals surface area contributed by atoms with Gasteiger partial charge in [0.05, 0.1) is 16.9 Å². The van der Waals surface area contributed by atoms with Gasteiger partial charge >= 0.3 is 0 Å². The molecular formula is C25H26FN5O4S. The molecule has 9 nitrogen and oxygen atoms in total. The monoisotopic (exact) mass is 511 g/mol. The zero-order valence-electron chi connectivity index (χ0n) is 20.3. The molecule has 2 heterocycles. The van der Waals surface area contributed by atoms with Crippen molar-refractivity contribution in [1.29, 1.82) is 0 Å². The fraction of sp³-hybridized carbons (Fsp3) is 0.280. The van der Waals surface area contributed by atoms with E-state index in [0.29, 0.717) is 17.0 Å². The quantitative estimate of drug-likeness (QED) is 0.418. The first kappa shape index (κ1) is 24.0. The van der Waals surface area contributed by atoms with Gasteiger partial charge in [0.25, 0.3) is 11.5 Å². The summed E-state index contributed by atoms with van der Waals surface area (Å²) in [5.41, 5.74) is 2.25. The second kappa shape index (κ2) is 9.07. The summed E-state index contributed by atoms with van der Waals surface area (Å²) in [6.07, 6.45) is 1.74. The van der Waals surface area contributed by atoms with Crippen LogP contribution in [-0.4, -0.2) is 20.7 Å². The smallest absolute Gasteiger partial charge is 0.259 e. The Morgan fingerprint density at radius 2 is 1.89 bits per heavy atom. The first-order valence-corrected chi connectivity index (χ1v) is 12.6. The van der Waals surface area contributed by atoms with Crippen molar-refractivity contribution in [2.24, 2.45) is 7.05 Å². The van der Waals surface area contributed by atoms with E-state index in [1.54, 1.807) is 44.2 Å². The molecule has 5 rings (SSSR count). The van der Waals surface area contributed by atoms with Gasteiger partial charge in [0, 0.05) is 13.1 Å². The fourth-order valence-corrected chi connectivity index (χ4v) is 4.53. The highest BCUT2D eigenvalue weighted by Gasteiger charge is 2.32. The van der Waals surface area contributed by atoms with Crippen molar-refractivity contribution < 1.29 is 18.1 Å². The molecule has 1 aliphatic carbocycles. The van der Waals surface area contributed by atoms with Gasteiger partial charge in [-0.3, -0.25) is 14.2 Å². The van der Waals surface area contributed by atoms with Crippen LogP contribution in [-0.2, 0) is 18.2 Å².